The van der Waals surface area contributed by atoms with Crippen molar-refractivity contribution in [2.24, 2.45) is 0 Å². The van der Waals surface area contributed by atoms with Gasteiger partial charge in [-0.15, -0.1) is 0 Å². The van der Waals surface area contributed by atoms with Crippen LogP contribution in [-0.2, 0) is 9.59 Å². The second-order valence-corrected chi connectivity index (χ2v) is 7.54. The van der Waals surface area contributed by atoms with Crippen molar-refractivity contribution in [3.05, 3.63) is 24.3 Å². The van der Waals surface area contributed by atoms with Crippen molar-refractivity contribution in [1.29, 1.82) is 0 Å². The Hall–Kier alpha value is -2.77. The predicted octanol–water partition coefficient (Wildman–Crippen LogP) is 1.54. The molecule has 4 rings (SSSR count). The third kappa shape index (κ3) is 3.27. The predicted molar refractivity (Wildman–Crippen MR) is 100 cm³/mol. The van der Waals surface area contributed by atoms with E-state index in [2.05, 4.69) is 5.32 Å². The Morgan fingerprint density at radius 2 is 1.96 bits per heavy atom. The molecule has 1 atom stereocenters. The number of carbonyl (C=O) groups excluding carboxylic acids is 3. The summed E-state index contributed by atoms with van der Waals surface area (Å²) in [4.78, 5) is 40.5. The molecule has 0 aromatic heterocycles. The molecule has 0 unspecified atom stereocenters. The molecule has 150 valence electrons. The molecule has 1 aliphatic carbocycles. The Balaban J connectivity index is 1.38. The van der Waals surface area contributed by atoms with Crippen LogP contribution >= 0.6 is 0 Å². The molecule has 2 fully saturated rings. The van der Waals surface area contributed by atoms with Gasteiger partial charge in [0.05, 0.1) is 6.54 Å². The minimum atomic E-state index is -0.793. The molecule has 1 saturated heterocycles. The molecule has 8 heteroatoms. The molecule has 1 aromatic carbocycles. The van der Waals surface area contributed by atoms with Crippen molar-refractivity contribution >= 4 is 17.8 Å². The molecule has 1 aromatic rings. The van der Waals surface area contributed by atoms with Crippen molar-refractivity contribution < 1.29 is 23.9 Å². The molecule has 1 N–H and O–H groups in total. The monoisotopic (exact) mass is 387 g/mol. The zero-order chi connectivity index (χ0) is 19.7. The van der Waals surface area contributed by atoms with Crippen molar-refractivity contribution in [1.82, 2.24) is 15.1 Å². The number of nitrogens with one attached hydrogen (secondary N) is 1. The van der Waals surface area contributed by atoms with Gasteiger partial charge in [-0.1, -0.05) is 25.0 Å². The summed E-state index contributed by atoms with van der Waals surface area (Å²) >= 11 is 0. The number of hydrogen-bond acceptors (Lipinski definition) is 5. The summed E-state index contributed by atoms with van der Waals surface area (Å²) in [6, 6.07) is 6.93. The van der Waals surface area contributed by atoms with E-state index < -0.39 is 11.6 Å². The van der Waals surface area contributed by atoms with Crippen LogP contribution in [0.4, 0.5) is 4.79 Å². The summed E-state index contributed by atoms with van der Waals surface area (Å²) < 4.78 is 11.6. The van der Waals surface area contributed by atoms with Crippen LogP contribution in [0.15, 0.2) is 24.3 Å². The van der Waals surface area contributed by atoms with E-state index in [0.29, 0.717) is 44.0 Å². The van der Waals surface area contributed by atoms with E-state index in [9.17, 15) is 14.4 Å². The van der Waals surface area contributed by atoms with Gasteiger partial charge in [-0.2, -0.15) is 0 Å². The number of imide groups is 1. The number of urea groups is 1. The third-order valence-corrected chi connectivity index (χ3v) is 5.72. The minimum Gasteiger partial charge on any atom is -0.486 e. The normalized spacial score (nSPS) is 22.5. The highest BCUT2D eigenvalue weighted by Crippen LogP contribution is 2.35. The van der Waals surface area contributed by atoms with E-state index >= 15 is 0 Å². The Bertz CT molecular complexity index is 790. The number of amides is 4. The lowest BCUT2D eigenvalue weighted by Crippen LogP contribution is -2.49. The van der Waals surface area contributed by atoms with Gasteiger partial charge in [-0.3, -0.25) is 14.5 Å². The highest BCUT2D eigenvalue weighted by atomic mass is 16.6. The number of para-hydroxylation sites is 2. The zero-order valence-electron chi connectivity index (χ0n) is 16.0. The Labute approximate surface area is 163 Å². The summed E-state index contributed by atoms with van der Waals surface area (Å²) in [6.45, 7) is 2.74. The summed E-state index contributed by atoms with van der Waals surface area (Å²) in [5.74, 6) is 0.794. The van der Waals surface area contributed by atoms with E-state index in [1.165, 1.54) is 0 Å². The van der Waals surface area contributed by atoms with Crippen LogP contribution < -0.4 is 14.8 Å². The first kappa shape index (κ1) is 18.6. The van der Waals surface area contributed by atoms with E-state index in [4.69, 9.17) is 9.47 Å². The Morgan fingerprint density at radius 1 is 1.25 bits per heavy atom. The number of fused-ring (bicyclic) bond motifs is 1. The smallest absolute Gasteiger partial charge is 0.325 e. The number of ether oxygens (including phenoxy) is 2. The average molecular weight is 387 g/mol. The van der Waals surface area contributed by atoms with Crippen molar-refractivity contribution in [2.45, 2.75) is 44.2 Å². The van der Waals surface area contributed by atoms with Gasteiger partial charge in [0.1, 0.15) is 18.7 Å². The highest BCUT2D eigenvalue weighted by molar-refractivity contribution is 6.09. The maximum absolute atomic E-state index is 12.8. The molecular formula is C20H25N3O5. The molecule has 3 aliphatic rings. The quantitative estimate of drug-likeness (QED) is 0.775. The topological polar surface area (TPSA) is 88.2 Å². The van der Waals surface area contributed by atoms with E-state index in [0.717, 1.165) is 17.7 Å². The van der Waals surface area contributed by atoms with Crippen LogP contribution in [0.1, 0.15) is 32.6 Å². The molecule has 2 aliphatic heterocycles. The number of rotatable bonds is 5. The Morgan fingerprint density at radius 3 is 2.68 bits per heavy atom. The van der Waals surface area contributed by atoms with E-state index in [1.807, 2.05) is 31.2 Å². The van der Waals surface area contributed by atoms with Crippen LogP contribution in [0.2, 0.25) is 0 Å². The van der Waals surface area contributed by atoms with Gasteiger partial charge in [-0.05, 0) is 31.9 Å². The minimum absolute atomic E-state index is 0.246. The summed E-state index contributed by atoms with van der Waals surface area (Å²) in [6.07, 6.45) is 2.81. The summed E-state index contributed by atoms with van der Waals surface area (Å²) in [7, 11) is 0. The molecule has 0 radical (unpaired) electrons. The van der Waals surface area contributed by atoms with Crippen molar-refractivity contribution in [2.75, 3.05) is 26.2 Å². The maximum Gasteiger partial charge on any atom is 0.325 e. The van der Waals surface area contributed by atoms with Crippen molar-refractivity contribution in [3.8, 4) is 11.5 Å². The second kappa shape index (κ2) is 7.33. The molecule has 1 saturated carbocycles. The lowest BCUT2D eigenvalue weighted by Gasteiger charge is -2.31. The van der Waals surface area contributed by atoms with Gasteiger partial charge in [0, 0.05) is 6.54 Å². The number of hydrogen-bond donors (Lipinski definition) is 1. The largest absolute Gasteiger partial charge is 0.486 e. The van der Waals surface area contributed by atoms with Crippen LogP contribution in [0.25, 0.3) is 0 Å². The first-order valence-corrected chi connectivity index (χ1v) is 9.83. The molecule has 4 amide bonds. The first-order chi connectivity index (χ1) is 13.5. The van der Waals surface area contributed by atoms with Gasteiger partial charge < -0.3 is 19.7 Å². The number of carbonyl (C=O) groups is 3. The lowest BCUT2D eigenvalue weighted by molar-refractivity contribution is -0.139. The van der Waals surface area contributed by atoms with Gasteiger partial charge in [0.25, 0.3) is 5.91 Å². The van der Waals surface area contributed by atoms with Crippen LogP contribution in [0.5, 0.6) is 11.5 Å². The maximum atomic E-state index is 12.8. The van der Waals surface area contributed by atoms with Gasteiger partial charge in [0.2, 0.25) is 5.91 Å². The highest BCUT2D eigenvalue weighted by Gasteiger charge is 2.52. The number of nitrogens with zero attached hydrogens (tertiary/aromatic N) is 2. The molecular weight excluding hydrogens is 362 g/mol. The molecule has 8 nitrogen and oxygen atoms in total. The first-order valence-electron chi connectivity index (χ1n) is 9.83. The third-order valence-electron chi connectivity index (χ3n) is 5.72. The fraction of sp³-hybridized carbons (Fsp3) is 0.550. The Kier molecular flexibility index (Phi) is 4.87. The average Bonchev–Trinajstić information content (AvgIpc) is 3.26. The molecule has 1 spiro atoms. The molecule has 0 bridgehead atoms. The lowest BCUT2D eigenvalue weighted by atomic mass is 9.98. The summed E-state index contributed by atoms with van der Waals surface area (Å²) in [5.41, 5.74) is -0.793. The van der Waals surface area contributed by atoms with E-state index in [1.54, 1.807) is 4.90 Å². The fourth-order valence-electron chi connectivity index (χ4n) is 4.18. The van der Waals surface area contributed by atoms with Gasteiger partial charge in [-0.25, -0.2) is 4.79 Å². The van der Waals surface area contributed by atoms with Crippen LogP contribution in [-0.4, -0.2) is 65.5 Å². The zero-order valence-corrected chi connectivity index (χ0v) is 16.0. The van der Waals surface area contributed by atoms with Crippen LogP contribution in [0, 0.1) is 0 Å². The SMILES string of the molecule is CCN(C[C@H]1COc2ccccc2O1)C(=O)CN1C(=O)NC2(CCCC2)C1=O. The van der Waals surface area contributed by atoms with Gasteiger partial charge >= 0.3 is 6.03 Å². The number of benzene rings is 1. The molecule has 2 heterocycles. The fourth-order valence-corrected chi connectivity index (χ4v) is 4.18. The van der Waals surface area contributed by atoms with Gasteiger partial charge in [0.15, 0.2) is 17.6 Å². The van der Waals surface area contributed by atoms with Crippen molar-refractivity contribution in [3.63, 3.8) is 0 Å². The van der Waals surface area contributed by atoms with Crippen LogP contribution in [0.3, 0.4) is 0 Å². The standard InChI is InChI=1S/C20H25N3O5/c1-2-22(11-14-13-27-15-7-3-4-8-16(15)28-14)17(24)12-23-18(25)20(21-19(23)26)9-5-6-10-20/h3-4,7-8,14H,2,5-6,9-13H2,1H3,(H,21,26)/t14-/m0/s1. The second-order valence-electron chi connectivity index (χ2n) is 7.54. The summed E-state index contributed by atoms with van der Waals surface area (Å²) in [5, 5.41) is 2.81. The molecule has 28 heavy (non-hydrogen) atoms. The number of likely N-dealkylation sites (N-methyl/N-ethyl adjacent to an activating group) is 1. The van der Waals surface area contributed by atoms with E-state index in [-0.39, 0.29) is 24.5 Å².